The Bertz CT molecular complexity index is 750. The van der Waals surface area contributed by atoms with Gasteiger partial charge in [-0.25, -0.2) is 0 Å². The summed E-state index contributed by atoms with van der Waals surface area (Å²) in [4.78, 5) is 0. The third kappa shape index (κ3) is 1.90. The predicted molar refractivity (Wildman–Crippen MR) is 79.0 cm³/mol. The summed E-state index contributed by atoms with van der Waals surface area (Å²) in [6.45, 7) is 0.751. The van der Waals surface area contributed by atoms with Crippen LogP contribution in [0.2, 0.25) is 0 Å². The smallest absolute Gasteiger partial charge is 0.124 e. The minimum atomic E-state index is 0.292. The van der Waals surface area contributed by atoms with Crippen molar-refractivity contribution in [2.75, 3.05) is 11.9 Å². The lowest BCUT2D eigenvalue weighted by atomic mass is 10.0. The standard InChI is InChI=1S/C16H15N3O/c1-2-4-16-13(3-1)14(7-8-20-16)18-12-6-5-11-10-17-19-15(11)9-12/h1-6,9-10,14,18H,7-8H2,(H,17,19). The highest BCUT2D eigenvalue weighted by molar-refractivity contribution is 5.81. The van der Waals surface area contributed by atoms with Gasteiger partial charge in [-0.05, 0) is 24.3 Å². The molecule has 2 aromatic carbocycles. The number of para-hydroxylation sites is 1. The van der Waals surface area contributed by atoms with E-state index in [-0.39, 0.29) is 0 Å². The highest BCUT2D eigenvalue weighted by Gasteiger charge is 2.20. The van der Waals surface area contributed by atoms with Crippen LogP contribution in [0.15, 0.2) is 48.7 Å². The molecule has 0 saturated heterocycles. The number of aromatic amines is 1. The summed E-state index contributed by atoms with van der Waals surface area (Å²) < 4.78 is 5.69. The molecule has 0 aliphatic carbocycles. The number of hydrogen-bond donors (Lipinski definition) is 2. The molecule has 0 bridgehead atoms. The molecule has 0 amide bonds. The molecule has 1 aromatic heterocycles. The van der Waals surface area contributed by atoms with E-state index in [2.05, 4.69) is 45.8 Å². The molecule has 4 nitrogen and oxygen atoms in total. The largest absolute Gasteiger partial charge is 0.493 e. The number of anilines is 1. The predicted octanol–water partition coefficient (Wildman–Crippen LogP) is 3.50. The maximum atomic E-state index is 5.69. The zero-order chi connectivity index (χ0) is 13.4. The third-order valence-corrected chi connectivity index (χ3v) is 3.74. The normalized spacial score (nSPS) is 17.5. The maximum Gasteiger partial charge on any atom is 0.124 e. The molecule has 3 aromatic rings. The fourth-order valence-electron chi connectivity index (χ4n) is 2.72. The number of aromatic nitrogens is 2. The van der Waals surface area contributed by atoms with E-state index in [1.807, 2.05) is 18.3 Å². The van der Waals surface area contributed by atoms with Crippen LogP contribution in [0, 0.1) is 0 Å². The molecule has 1 aliphatic heterocycles. The lowest BCUT2D eigenvalue weighted by molar-refractivity contribution is 0.274. The van der Waals surface area contributed by atoms with Crippen LogP contribution < -0.4 is 10.1 Å². The van der Waals surface area contributed by atoms with E-state index in [4.69, 9.17) is 4.74 Å². The number of rotatable bonds is 2. The Morgan fingerprint density at radius 2 is 2.15 bits per heavy atom. The molecule has 1 atom stereocenters. The fourth-order valence-corrected chi connectivity index (χ4v) is 2.72. The first-order valence-corrected chi connectivity index (χ1v) is 6.81. The number of nitrogens with zero attached hydrogens (tertiary/aromatic N) is 1. The second-order valence-corrected chi connectivity index (χ2v) is 5.04. The Labute approximate surface area is 116 Å². The number of H-pyrrole nitrogens is 1. The highest BCUT2D eigenvalue weighted by atomic mass is 16.5. The van der Waals surface area contributed by atoms with E-state index in [0.29, 0.717) is 6.04 Å². The van der Waals surface area contributed by atoms with E-state index in [1.165, 1.54) is 5.56 Å². The van der Waals surface area contributed by atoms with Gasteiger partial charge in [0.05, 0.1) is 24.4 Å². The topological polar surface area (TPSA) is 49.9 Å². The number of nitrogens with one attached hydrogen (secondary N) is 2. The Kier molecular flexibility index (Phi) is 2.59. The summed E-state index contributed by atoms with van der Waals surface area (Å²) in [5.41, 5.74) is 3.38. The zero-order valence-electron chi connectivity index (χ0n) is 11.0. The van der Waals surface area contributed by atoms with Gasteiger partial charge in [-0.3, -0.25) is 5.10 Å². The molecule has 0 fully saturated rings. The minimum Gasteiger partial charge on any atom is -0.493 e. The summed E-state index contributed by atoms with van der Waals surface area (Å²) >= 11 is 0. The summed E-state index contributed by atoms with van der Waals surface area (Å²) in [6.07, 6.45) is 2.81. The molecule has 2 N–H and O–H groups in total. The summed E-state index contributed by atoms with van der Waals surface area (Å²) in [5, 5.41) is 11.8. The van der Waals surface area contributed by atoms with Crippen molar-refractivity contribution in [3.8, 4) is 5.75 Å². The first kappa shape index (κ1) is 11.3. The molecule has 1 aliphatic rings. The molecule has 0 radical (unpaired) electrons. The number of fused-ring (bicyclic) bond motifs is 2. The van der Waals surface area contributed by atoms with Gasteiger partial charge in [0.2, 0.25) is 0 Å². The van der Waals surface area contributed by atoms with Gasteiger partial charge in [0.25, 0.3) is 0 Å². The van der Waals surface area contributed by atoms with Crippen LogP contribution in [-0.2, 0) is 0 Å². The molecular weight excluding hydrogens is 250 g/mol. The van der Waals surface area contributed by atoms with Crippen LogP contribution in [-0.4, -0.2) is 16.8 Å². The fraction of sp³-hybridized carbons (Fsp3) is 0.188. The van der Waals surface area contributed by atoms with Crippen LogP contribution in [0.1, 0.15) is 18.0 Å². The summed E-state index contributed by atoms with van der Waals surface area (Å²) in [5.74, 6) is 0.985. The summed E-state index contributed by atoms with van der Waals surface area (Å²) in [7, 11) is 0. The first-order valence-electron chi connectivity index (χ1n) is 6.81. The van der Waals surface area contributed by atoms with E-state index >= 15 is 0 Å². The molecule has 4 heteroatoms. The van der Waals surface area contributed by atoms with Crippen molar-refractivity contribution in [2.45, 2.75) is 12.5 Å². The second-order valence-electron chi connectivity index (χ2n) is 5.04. The van der Waals surface area contributed by atoms with Crippen molar-refractivity contribution in [1.29, 1.82) is 0 Å². The minimum absolute atomic E-state index is 0.292. The lowest BCUT2D eigenvalue weighted by Gasteiger charge is -2.27. The van der Waals surface area contributed by atoms with Gasteiger partial charge in [-0.1, -0.05) is 18.2 Å². The second kappa shape index (κ2) is 4.56. The van der Waals surface area contributed by atoms with Gasteiger partial charge >= 0.3 is 0 Å². The molecule has 0 saturated carbocycles. The van der Waals surface area contributed by atoms with Crippen LogP contribution in [0.4, 0.5) is 5.69 Å². The van der Waals surface area contributed by atoms with E-state index < -0.39 is 0 Å². The van der Waals surface area contributed by atoms with E-state index in [9.17, 15) is 0 Å². The molecule has 20 heavy (non-hydrogen) atoms. The molecule has 4 rings (SSSR count). The SMILES string of the molecule is c1ccc2c(c1)OCCC2Nc1ccc2cn[nH]c2c1. The van der Waals surface area contributed by atoms with Crippen LogP contribution in [0.3, 0.4) is 0 Å². The summed E-state index contributed by atoms with van der Waals surface area (Å²) in [6, 6.07) is 14.8. The van der Waals surface area contributed by atoms with Gasteiger partial charge in [-0.2, -0.15) is 5.10 Å². The van der Waals surface area contributed by atoms with E-state index in [0.717, 1.165) is 35.4 Å². The number of ether oxygens (including phenoxy) is 1. The van der Waals surface area contributed by atoms with Crippen molar-refractivity contribution in [3.63, 3.8) is 0 Å². The van der Waals surface area contributed by atoms with Crippen LogP contribution >= 0.6 is 0 Å². The van der Waals surface area contributed by atoms with Gasteiger partial charge in [-0.15, -0.1) is 0 Å². The number of benzene rings is 2. The van der Waals surface area contributed by atoms with Gasteiger partial charge < -0.3 is 10.1 Å². The average molecular weight is 265 g/mol. The van der Waals surface area contributed by atoms with Crippen LogP contribution in [0.25, 0.3) is 10.9 Å². The highest BCUT2D eigenvalue weighted by Crippen LogP contribution is 2.34. The molecule has 2 heterocycles. The Hall–Kier alpha value is -2.49. The van der Waals surface area contributed by atoms with Gasteiger partial charge in [0.15, 0.2) is 0 Å². The Morgan fingerprint density at radius 1 is 1.20 bits per heavy atom. The van der Waals surface area contributed by atoms with Gasteiger partial charge in [0.1, 0.15) is 5.75 Å². The van der Waals surface area contributed by atoms with Crippen molar-refractivity contribution < 1.29 is 4.74 Å². The number of hydrogen-bond acceptors (Lipinski definition) is 3. The zero-order valence-corrected chi connectivity index (χ0v) is 11.0. The lowest BCUT2D eigenvalue weighted by Crippen LogP contribution is -2.20. The van der Waals surface area contributed by atoms with Crippen molar-refractivity contribution in [2.24, 2.45) is 0 Å². The van der Waals surface area contributed by atoms with Crippen molar-refractivity contribution in [3.05, 3.63) is 54.2 Å². The molecular formula is C16H15N3O. The molecule has 1 unspecified atom stereocenters. The molecule has 0 spiro atoms. The van der Waals surface area contributed by atoms with Crippen molar-refractivity contribution in [1.82, 2.24) is 10.2 Å². The van der Waals surface area contributed by atoms with Gasteiger partial charge in [0, 0.05) is 23.1 Å². The Morgan fingerprint density at radius 3 is 3.15 bits per heavy atom. The first-order chi connectivity index (χ1) is 9.90. The van der Waals surface area contributed by atoms with E-state index in [1.54, 1.807) is 0 Å². The molecule has 100 valence electrons. The van der Waals surface area contributed by atoms with Crippen molar-refractivity contribution >= 4 is 16.6 Å². The quantitative estimate of drug-likeness (QED) is 0.745. The maximum absolute atomic E-state index is 5.69. The monoisotopic (exact) mass is 265 g/mol. The average Bonchev–Trinajstić information content (AvgIpc) is 2.95. The van der Waals surface area contributed by atoms with Crippen LogP contribution in [0.5, 0.6) is 5.75 Å². The third-order valence-electron chi connectivity index (χ3n) is 3.74. The Balaban J connectivity index is 1.66.